The molecule has 4 rings (SSSR count). The minimum Gasteiger partial charge on any atom is -0.479 e. The summed E-state index contributed by atoms with van der Waals surface area (Å²) in [4.78, 5) is 29.6. The van der Waals surface area contributed by atoms with Crippen LogP contribution in [0.25, 0.3) is 11.1 Å². The monoisotopic (exact) mass is 478 g/mol. The maximum absolute atomic E-state index is 13.2. The summed E-state index contributed by atoms with van der Waals surface area (Å²) in [5, 5.41) is 10.3. The van der Waals surface area contributed by atoms with Gasteiger partial charge >= 0.3 is 12.0 Å². The highest BCUT2D eigenvalue weighted by molar-refractivity contribution is 5.84. The second kappa shape index (κ2) is 9.65. The third-order valence-electron chi connectivity index (χ3n) is 7.24. The molecule has 0 aromatic heterocycles. The third kappa shape index (κ3) is 5.08. The Balaban J connectivity index is 1.88. The number of fused-ring (bicyclic) bond motifs is 1. The van der Waals surface area contributed by atoms with Gasteiger partial charge in [0.15, 0.2) is 6.10 Å². The lowest BCUT2D eigenvalue weighted by Crippen LogP contribution is -2.44. The van der Waals surface area contributed by atoms with Crippen molar-refractivity contribution in [2.75, 3.05) is 19.6 Å². The zero-order valence-electron chi connectivity index (χ0n) is 21.9. The number of urea groups is 1. The molecule has 2 aromatic rings. The Morgan fingerprint density at radius 2 is 1.54 bits per heavy atom. The molecule has 1 N–H and O–H groups in total. The first-order chi connectivity index (χ1) is 16.5. The van der Waals surface area contributed by atoms with Crippen LogP contribution in [-0.2, 0) is 22.5 Å². The van der Waals surface area contributed by atoms with E-state index < -0.39 is 17.7 Å². The molecule has 2 aromatic carbocycles. The van der Waals surface area contributed by atoms with Crippen LogP contribution < -0.4 is 0 Å². The molecular formula is C29H38N2O4. The van der Waals surface area contributed by atoms with Gasteiger partial charge in [0.05, 0.1) is 5.60 Å². The number of hydrogen-bond donors (Lipinski definition) is 1. The molecule has 2 aliphatic rings. The molecule has 0 bridgehead atoms. The van der Waals surface area contributed by atoms with Crippen molar-refractivity contribution in [2.45, 2.75) is 79.1 Å². The predicted molar refractivity (Wildman–Crippen MR) is 138 cm³/mol. The zero-order valence-corrected chi connectivity index (χ0v) is 21.9. The molecule has 1 atom stereocenters. The number of hydrogen-bond acceptors (Lipinski definition) is 3. The Kier molecular flexibility index (Phi) is 6.96. The lowest BCUT2D eigenvalue weighted by atomic mass is 9.80. The number of carboxylic acids is 1. The Hall–Kier alpha value is -2.86. The van der Waals surface area contributed by atoms with E-state index in [2.05, 4.69) is 31.2 Å². The molecule has 188 valence electrons. The standard InChI is InChI=1S/C29H38N2O4/c1-18-9-11-21(12-10-18)24-19(2)22-13-16-31(28(34)30-14-7-8-15-30)17-23(22)20(3)25(24)26(27(32)33)35-29(4,5)6/h9-12,26H,7-8,13-17H2,1-6H3,(H,32,33)/t26-/m0/s1. The molecule has 6 heteroatoms. The first kappa shape index (κ1) is 25.2. The van der Waals surface area contributed by atoms with E-state index in [1.165, 1.54) is 5.56 Å². The smallest absolute Gasteiger partial charge is 0.337 e. The maximum Gasteiger partial charge on any atom is 0.337 e. The van der Waals surface area contributed by atoms with Gasteiger partial charge in [0.1, 0.15) is 0 Å². The van der Waals surface area contributed by atoms with Gasteiger partial charge in [-0.15, -0.1) is 0 Å². The lowest BCUT2D eigenvalue weighted by Gasteiger charge is -2.36. The number of aliphatic carboxylic acids is 1. The highest BCUT2D eigenvalue weighted by atomic mass is 16.5. The largest absolute Gasteiger partial charge is 0.479 e. The van der Waals surface area contributed by atoms with Gasteiger partial charge in [-0.3, -0.25) is 0 Å². The number of likely N-dealkylation sites (tertiary alicyclic amines) is 1. The molecule has 35 heavy (non-hydrogen) atoms. The zero-order chi connectivity index (χ0) is 25.5. The average molecular weight is 479 g/mol. The molecule has 0 spiro atoms. The van der Waals surface area contributed by atoms with Crippen LogP contribution in [0, 0.1) is 20.8 Å². The fourth-order valence-electron chi connectivity index (χ4n) is 5.50. The van der Waals surface area contributed by atoms with Gasteiger partial charge in [-0.1, -0.05) is 29.8 Å². The SMILES string of the molecule is Cc1ccc(-c2c(C)c3c(c(C)c2[C@H](OC(C)(C)C)C(=O)O)CN(C(=O)N2CCCC2)CC3)cc1. The number of carbonyl (C=O) groups is 2. The van der Waals surface area contributed by atoms with Gasteiger partial charge in [-0.2, -0.15) is 0 Å². The quantitative estimate of drug-likeness (QED) is 0.604. The molecule has 0 unspecified atom stereocenters. The van der Waals surface area contributed by atoms with E-state index in [0.29, 0.717) is 18.7 Å². The van der Waals surface area contributed by atoms with Gasteiger partial charge in [0, 0.05) is 31.7 Å². The minimum absolute atomic E-state index is 0.0927. The number of benzene rings is 2. The molecule has 0 saturated carbocycles. The number of amides is 2. The molecule has 2 aliphatic heterocycles. The maximum atomic E-state index is 13.2. The summed E-state index contributed by atoms with van der Waals surface area (Å²) in [7, 11) is 0. The first-order valence-corrected chi connectivity index (χ1v) is 12.6. The van der Waals surface area contributed by atoms with Crippen molar-refractivity contribution in [3.63, 3.8) is 0 Å². The number of carbonyl (C=O) groups excluding carboxylic acids is 1. The van der Waals surface area contributed by atoms with Crippen LogP contribution >= 0.6 is 0 Å². The van der Waals surface area contributed by atoms with Crippen LogP contribution in [-0.4, -0.2) is 52.1 Å². The topological polar surface area (TPSA) is 70.1 Å². The van der Waals surface area contributed by atoms with Crippen molar-refractivity contribution in [3.8, 4) is 11.1 Å². The van der Waals surface area contributed by atoms with Crippen molar-refractivity contribution in [1.82, 2.24) is 9.80 Å². The summed E-state index contributed by atoms with van der Waals surface area (Å²) in [5.41, 5.74) is 7.44. The summed E-state index contributed by atoms with van der Waals surface area (Å²) in [6.45, 7) is 14.6. The van der Waals surface area contributed by atoms with Crippen LogP contribution in [0.4, 0.5) is 4.79 Å². The second-order valence-corrected chi connectivity index (χ2v) is 11.0. The van der Waals surface area contributed by atoms with Crippen molar-refractivity contribution in [2.24, 2.45) is 0 Å². The van der Waals surface area contributed by atoms with E-state index in [1.807, 2.05) is 44.4 Å². The van der Waals surface area contributed by atoms with Gasteiger partial charge < -0.3 is 19.6 Å². The number of rotatable bonds is 4. The molecule has 6 nitrogen and oxygen atoms in total. The molecule has 2 heterocycles. The fraction of sp³-hybridized carbons (Fsp3) is 0.517. The van der Waals surface area contributed by atoms with Crippen LogP contribution in [0.15, 0.2) is 24.3 Å². The third-order valence-corrected chi connectivity index (χ3v) is 7.24. The summed E-state index contributed by atoms with van der Waals surface area (Å²) >= 11 is 0. The van der Waals surface area contributed by atoms with Gasteiger partial charge in [-0.25, -0.2) is 9.59 Å². The Morgan fingerprint density at radius 1 is 0.914 bits per heavy atom. The van der Waals surface area contributed by atoms with Crippen LogP contribution in [0.1, 0.15) is 73.1 Å². The molecule has 0 radical (unpaired) electrons. The van der Waals surface area contributed by atoms with Gasteiger partial charge in [0.25, 0.3) is 0 Å². The van der Waals surface area contributed by atoms with E-state index in [1.54, 1.807) is 0 Å². The normalized spacial score (nSPS) is 16.9. The van der Waals surface area contributed by atoms with Crippen LogP contribution in [0.5, 0.6) is 0 Å². The number of nitrogens with zero attached hydrogens (tertiary/aromatic N) is 2. The summed E-state index contributed by atoms with van der Waals surface area (Å²) in [5.74, 6) is -1.00. The van der Waals surface area contributed by atoms with Gasteiger partial charge in [0.2, 0.25) is 0 Å². The molecule has 1 fully saturated rings. The van der Waals surface area contributed by atoms with Crippen molar-refractivity contribution < 1.29 is 19.4 Å². The molecule has 0 aliphatic carbocycles. The molecule has 1 saturated heterocycles. The number of carboxylic acid groups (broad SMARTS) is 1. The van der Waals surface area contributed by atoms with E-state index in [0.717, 1.165) is 65.7 Å². The van der Waals surface area contributed by atoms with E-state index in [-0.39, 0.29) is 6.03 Å². The molecule has 2 amide bonds. The van der Waals surface area contributed by atoms with Crippen molar-refractivity contribution >= 4 is 12.0 Å². The van der Waals surface area contributed by atoms with E-state index in [4.69, 9.17) is 4.74 Å². The summed E-state index contributed by atoms with van der Waals surface area (Å²) in [6, 6.07) is 8.34. The average Bonchev–Trinajstić information content (AvgIpc) is 3.34. The number of aryl methyl sites for hydroxylation is 1. The van der Waals surface area contributed by atoms with Gasteiger partial charge in [-0.05, 0) is 94.2 Å². The Labute approximate surface area is 208 Å². The fourth-order valence-corrected chi connectivity index (χ4v) is 5.50. The lowest BCUT2D eigenvalue weighted by molar-refractivity contribution is -0.160. The predicted octanol–water partition coefficient (Wildman–Crippen LogP) is 5.79. The second-order valence-electron chi connectivity index (χ2n) is 11.0. The highest BCUT2D eigenvalue weighted by Crippen LogP contribution is 2.42. The van der Waals surface area contributed by atoms with E-state index in [9.17, 15) is 14.7 Å². The Bertz CT molecular complexity index is 1130. The van der Waals surface area contributed by atoms with Crippen LogP contribution in [0.2, 0.25) is 0 Å². The van der Waals surface area contributed by atoms with Crippen molar-refractivity contribution in [1.29, 1.82) is 0 Å². The number of ether oxygens (including phenoxy) is 1. The summed E-state index contributed by atoms with van der Waals surface area (Å²) in [6.07, 6.45) is 1.77. The Morgan fingerprint density at radius 3 is 2.11 bits per heavy atom. The van der Waals surface area contributed by atoms with Crippen molar-refractivity contribution in [3.05, 3.63) is 57.6 Å². The molecular weight excluding hydrogens is 440 g/mol. The minimum atomic E-state index is -1.11. The highest BCUT2D eigenvalue weighted by Gasteiger charge is 2.36. The van der Waals surface area contributed by atoms with E-state index >= 15 is 0 Å². The first-order valence-electron chi connectivity index (χ1n) is 12.6. The summed E-state index contributed by atoms with van der Waals surface area (Å²) < 4.78 is 6.17. The van der Waals surface area contributed by atoms with Crippen LogP contribution in [0.3, 0.4) is 0 Å².